The summed E-state index contributed by atoms with van der Waals surface area (Å²) in [5.41, 5.74) is 1.76. The molecule has 0 saturated carbocycles. The predicted octanol–water partition coefficient (Wildman–Crippen LogP) is 2.92. The fraction of sp³-hybridized carbons (Fsp3) is 0.308. The molecule has 1 aromatic rings. The minimum Gasteiger partial charge on any atom is -0.463 e. The summed E-state index contributed by atoms with van der Waals surface area (Å²) in [6, 6.07) is 1.85. The summed E-state index contributed by atoms with van der Waals surface area (Å²) >= 11 is 1.17. The molecule has 0 aliphatic carbocycles. The van der Waals surface area contributed by atoms with Crippen molar-refractivity contribution < 1.29 is 9.53 Å². The van der Waals surface area contributed by atoms with E-state index in [9.17, 15) is 4.79 Å². The van der Waals surface area contributed by atoms with E-state index in [2.05, 4.69) is 4.98 Å². The van der Waals surface area contributed by atoms with Crippen LogP contribution in [0.1, 0.15) is 24.5 Å². The van der Waals surface area contributed by atoms with Crippen LogP contribution in [0.4, 0.5) is 0 Å². The normalized spacial score (nSPS) is 10.6. The zero-order valence-electron chi connectivity index (χ0n) is 10.5. The number of pyridine rings is 1. The Hall–Kier alpha value is -1.62. The summed E-state index contributed by atoms with van der Waals surface area (Å²) < 4.78 is 4.88. The number of thioether (sulfide) groups is 1. The van der Waals surface area contributed by atoms with Gasteiger partial charge in [-0.25, -0.2) is 4.79 Å². The van der Waals surface area contributed by atoms with Gasteiger partial charge in [0.15, 0.2) is 0 Å². The molecular weight excluding hydrogens is 248 g/mol. The highest BCUT2D eigenvalue weighted by Gasteiger charge is 2.04. The standard InChI is InChI=1S/C13H16N2O2S/c1-3-7-17-12(16)5-8-18-13(14)11-9-15-6-4-10(11)2/h4-6,8-9,14H,3,7H2,1-2H3/b8-5+,14-13?. The average Bonchev–Trinajstić information content (AvgIpc) is 2.36. The average molecular weight is 264 g/mol. The number of aromatic nitrogens is 1. The van der Waals surface area contributed by atoms with Gasteiger partial charge in [0.25, 0.3) is 0 Å². The lowest BCUT2D eigenvalue weighted by Gasteiger charge is -2.03. The predicted molar refractivity (Wildman–Crippen MR) is 73.8 cm³/mol. The van der Waals surface area contributed by atoms with E-state index >= 15 is 0 Å². The van der Waals surface area contributed by atoms with Crippen LogP contribution in [0.15, 0.2) is 29.9 Å². The minimum absolute atomic E-state index is 0.361. The van der Waals surface area contributed by atoms with Crippen LogP contribution < -0.4 is 0 Å². The molecule has 0 fully saturated rings. The van der Waals surface area contributed by atoms with Gasteiger partial charge >= 0.3 is 5.97 Å². The van der Waals surface area contributed by atoms with Crippen molar-refractivity contribution in [3.63, 3.8) is 0 Å². The zero-order chi connectivity index (χ0) is 13.4. The van der Waals surface area contributed by atoms with E-state index in [0.29, 0.717) is 11.7 Å². The van der Waals surface area contributed by atoms with Crippen molar-refractivity contribution in [2.24, 2.45) is 0 Å². The quantitative estimate of drug-likeness (QED) is 0.384. The Bertz CT molecular complexity index is 458. The van der Waals surface area contributed by atoms with E-state index in [-0.39, 0.29) is 5.97 Å². The number of carbonyl (C=O) groups excluding carboxylic acids is 1. The summed E-state index contributed by atoms with van der Waals surface area (Å²) in [4.78, 5) is 15.2. The Morgan fingerprint density at radius 1 is 1.61 bits per heavy atom. The molecule has 1 N–H and O–H groups in total. The molecule has 0 aromatic carbocycles. The lowest BCUT2D eigenvalue weighted by atomic mass is 10.2. The molecule has 0 unspecified atom stereocenters. The molecule has 0 aliphatic rings. The first-order chi connectivity index (χ1) is 8.65. The van der Waals surface area contributed by atoms with Crippen molar-refractivity contribution in [2.75, 3.05) is 6.61 Å². The second kappa shape index (κ2) is 7.66. The monoisotopic (exact) mass is 264 g/mol. The molecule has 96 valence electrons. The second-order valence-corrected chi connectivity index (χ2v) is 4.52. The number of hydrogen-bond donors (Lipinski definition) is 1. The van der Waals surface area contributed by atoms with Gasteiger partial charge in [-0.1, -0.05) is 18.7 Å². The molecule has 1 rings (SSSR count). The number of aryl methyl sites for hydroxylation is 1. The van der Waals surface area contributed by atoms with Crippen LogP contribution in [-0.4, -0.2) is 22.6 Å². The highest BCUT2D eigenvalue weighted by atomic mass is 32.2. The number of carbonyl (C=O) groups is 1. The van der Waals surface area contributed by atoms with Crippen LogP contribution in [-0.2, 0) is 9.53 Å². The summed E-state index contributed by atoms with van der Waals surface area (Å²) in [6.07, 6.45) is 5.47. The highest BCUT2D eigenvalue weighted by molar-refractivity contribution is 8.16. The van der Waals surface area contributed by atoms with Crippen molar-refractivity contribution >= 4 is 22.8 Å². The van der Waals surface area contributed by atoms with Crippen LogP contribution >= 0.6 is 11.8 Å². The van der Waals surface area contributed by atoms with Gasteiger partial charge in [-0.2, -0.15) is 0 Å². The Balaban J connectivity index is 2.49. The lowest BCUT2D eigenvalue weighted by molar-refractivity contribution is -0.137. The van der Waals surface area contributed by atoms with Crippen molar-refractivity contribution in [1.82, 2.24) is 4.98 Å². The molecule has 0 radical (unpaired) electrons. The molecule has 4 nitrogen and oxygen atoms in total. The maximum Gasteiger partial charge on any atom is 0.331 e. The van der Waals surface area contributed by atoms with E-state index in [1.54, 1.807) is 17.8 Å². The first kappa shape index (κ1) is 14.4. The molecule has 0 aliphatic heterocycles. The summed E-state index contributed by atoms with van der Waals surface area (Å²) in [5.74, 6) is -0.375. The first-order valence-electron chi connectivity index (χ1n) is 5.64. The summed E-state index contributed by atoms with van der Waals surface area (Å²) in [6.45, 7) is 4.28. The molecule has 0 atom stereocenters. The van der Waals surface area contributed by atoms with Crippen LogP contribution in [0.2, 0.25) is 0 Å². The van der Waals surface area contributed by atoms with Crippen molar-refractivity contribution in [2.45, 2.75) is 20.3 Å². The summed E-state index contributed by atoms with van der Waals surface area (Å²) in [5, 5.41) is 9.80. The molecule has 18 heavy (non-hydrogen) atoms. The topological polar surface area (TPSA) is 63.0 Å². The number of rotatable bonds is 5. The third kappa shape index (κ3) is 4.71. The van der Waals surface area contributed by atoms with Crippen LogP contribution in [0, 0.1) is 12.3 Å². The van der Waals surface area contributed by atoms with Gasteiger partial charge in [-0.05, 0) is 30.4 Å². The molecule has 0 spiro atoms. The second-order valence-electron chi connectivity index (χ2n) is 3.61. The van der Waals surface area contributed by atoms with Gasteiger partial charge < -0.3 is 4.74 Å². The fourth-order valence-electron chi connectivity index (χ4n) is 1.17. The first-order valence-corrected chi connectivity index (χ1v) is 6.52. The molecule has 1 aromatic heterocycles. The van der Waals surface area contributed by atoms with E-state index in [0.717, 1.165) is 17.5 Å². The SMILES string of the molecule is CCCOC(=O)/C=C/SC(=N)c1cnccc1C. The maximum atomic E-state index is 11.2. The van der Waals surface area contributed by atoms with Gasteiger partial charge in [0, 0.05) is 24.0 Å². The minimum atomic E-state index is -0.375. The van der Waals surface area contributed by atoms with E-state index < -0.39 is 0 Å². The number of esters is 1. The third-order valence-corrected chi connectivity index (χ3v) is 2.85. The molecule has 0 saturated heterocycles. The zero-order valence-corrected chi connectivity index (χ0v) is 11.3. The van der Waals surface area contributed by atoms with Crippen molar-refractivity contribution in [3.8, 4) is 0 Å². The number of nitrogens with zero attached hydrogens (tertiary/aromatic N) is 1. The fourth-order valence-corrected chi connectivity index (χ4v) is 1.83. The number of ether oxygens (including phenoxy) is 1. The van der Waals surface area contributed by atoms with Gasteiger partial charge in [0.2, 0.25) is 0 Å². The molecule has 0 bridgehead atoms. The molecular formula is C13H16N2O2S. The molecule has 5 heteroatoms. The molecule has 0 amide bonds. The smallest absolute Gasteiger partial charge is 0.331 e. The van der Waals surface area contributed by atoms with Crippen molar-refractivity contribution in [1.29, 1.82) is 5.41 Å². The Kier molecular flexibility index (Phi) is 6.14. The molecule has 1 heterocycles. The van der Waals surface area contributed by atoms with Crippen LogP contribution in [0.25, 0.3) is 0 Å². The largest absolute Gasteiger partial charge is 0.463 e. The van der Waals surface area contributed by atoms with E-state index in [1.807, 2.05) is 19.9 Å². The number of nitrogens with one attached hydrogen (secondary N) is 1. The van der Waals surface area contributed by atoms with Crippen molar-refractivity contribution in [3.05, 3.63) is 41.1 Å². The van der Waals surface area contributed by atoms with Gasteiger partial charge in [-0.3, -0.25) is 10.4 Å². The lowest BCUT2D eigenvalue weighted by Crippen LogP contribution is -2.01. The van der Waals surface area contributed by atoms with E-state index in [1.165, 1.54) is 17.8 Å². The Morgan fingerprint density at radius 2 is 2.39 bits per heavy atom. The van der Waals surface area contributed by atoms with Gasteiger partial charge in [0.1, 0.15) is 5.04 Å². The Labute approximate surface area is 111 Å². The van der Waals surface area contributed by atoms with E-state index in [4.69, 9.17) is 10.1 Å². The summed E-state index contributed by atoms with van der Waals surface area (Å²) in [7, 11) is 0. The Morgan fingerprint density at radius 3 is 3.06 bits per heavy atom. The van der Waals surface area contributed by atoms with Crippen LogP contribution in [0.3, 0.4) is 0 Å². The maximum absolute atomic E-state index is 11.2. The van der Waals surface area contributed by atoms with Crippen LogP contribution in [0.5, 0.6) is 0 Å². The van der Waals surface area contributed by atoms with Gasteiger partial charge in [0.05, 0.1) is 6.61 Å². The van der Waals surface area contributed by atoms with Gasteiger partial charge in [-0.15, -0.1) is 0 Å². The highest BCUT2D eigenvalue weighted by Crippen LogP contribution is 2.15. The number of hydrogen-bond acceptors (Lipinski definition) is 5. The third-order valence-electron chi connectivity index (χ3n) is 2.12.